The molecule has 0 radical (unpaired) electrons. The minimum absolute atomic E-state index is 0.470. The molecular formula is C18H29N. The molecule has 0 aromatic heterocycles. The molecular weight excluding hydrogens is 230 g/mol. The van der Waals surface area contributed by atoms with Crippen LogP contribution in [0.25, 0.3) is 0 Å². The first-order valence-corrected chi connectivity index (χ1v) is 7.78. The summed E-state index contributed by atoms with van der Waals surface area (Å²) < 4.78 is 0. The van der Waals surface area contributed by atoms with Crippen LogP contribution in [0.1, 0.15) is 58.4 Å². The van der Waals surface area contributed by atoms with Crippen LogP contribution < -0.4 is 5.32 Å². The van der Waals surface area contributed by atoms with Crippen molar-refractivity contribution in [3.63, 3.8) is 0 Å². The normalized spacial score (nSPS) is 24.8. The summed E-state index contributed by atoms with van der Waals surface area (Å²) in [6.07, 6.45) is 6.77. The number of hydrogen-bond donors (Lipinski definition) is 1. The van der Waals surface area contributed by atoms with Gasteiger partial charge in [-0.25, -0.2) is 0 Å². The third-order valence-electron chi connectivity index (χ3n) is 4.58. The van der Waals surface area contributed by atoms with Gasteiger partial charge in [0, 0.05) is 11.7 Å². The second-order valence-electron chi connectivity index (χ2n) is 7.28. The molecule has 2 unspecified atom stereocenters. The van der Waals surface area contributed by atoms with Crippen molar-refractivity contribution in [1.82, 2.24) is 0 Å². The van der Waals surface area contributed by atoms with Crippen LogP contribution >= 0.6 is 0 Å². The molecule has 2 rings (SSSR count). The van der Waals surface area contributed by atoms with Crippen molar-refractivity contribution in [2.75, 3.05) is 5.32 Å². The molecule has 0 spiro atoms. The summed E-state index contributed by atoms with van der Waals surface area (Å²) in [6.45, 7) is 9.35. The van der Waals surface area contributed by atoms with Gasteiger partial charge in [-0.05, 0) is 61.6 Å². The molecule has 0 aliphatic heterocycles. The highest BCUT2D eigenvalue weighted by Gasteiger charge is 2.27. The van der Waals surface area contributed by atoms with Crippen LogP contribution in [0.2, 0.25) is 0 Å². The van der Waals surface area contributed by atoms with E-state index in [0.717, 1.165) is 5.92 Å². The van der Waals surface area contributed by atoms with Gasteiger partial charge in [-0.3, -0.25) is 0 Å². The first-order chi connectivity index (χ1) is 8.95. The van der Waals surface area contributed by atoms with E-state index in [-0.39, 0.29) is 0 Å². The molecule has 1 nitrogen and oxygen atoms in total. The first-order valence-electron chi connectivity index (χ1n) is 7.78. The zero-order valence-corrected chi connectivity index (χ0v) is 13.0. The van der Waals surface area contributed by atoms with Gasteiger partial charge in [-0.1, -0.05) is 39.3 Å². The van der Waals surface area contributed by atoms with Crippen LogP contribution in [-0.4, -0.2) is 6.04 Å². The lowest BCUT2D eigenvalue weighted by Crippen LogP contribution is -2.21. The molecule has 1 N–H and O–H groups in total. The third kappa shape index (κ3) is 4.26. The van der Waals surface area contributed by atoms with Crippen molar-refractivity contribution >= 4 is 5.69 Å². The molecule has 1 aromatic rings. The van der Waals surface area contributed by atoms with Crippen LogP contribution in [0.3, 0.4) is 0 Å². The van der Waals surface area contributed by atoms with Gasteiger partial charge in [0.15, 0.2) is 0 Å². The van der Waals surface area contributed by atoms with Crippen molar-refractivity contribution in [2.45, 2.75) is 65.8 Å². The van der Waals surface area contributed by atoms with Crippen molar-refractivity contribution < 1.29 is 0 Å². The smallest absolute Gasteiger partial charge is 0.0344 e. The van der Waals surface area contributed by atoms with Crippen LogP contribution in [-0.2, 0) is 0 Å². The fourth-order valence-corrected chi connectivity index (χ4v) is 3.28. The van der Waals surface area contributed by atoms with Crippen molar-refractivity contribution in [1.29, 1.82) is 0 Å². The van der Waals surface area contributed by atoms with Crippen molar-refractivity contribution in [3.05, 3.63) is 29.8 Å². The van der Waals surface area contributed by atoms with Gasteiger partial charge in [-0.15, -0.1) is 0 Å². The average Bonchev–Trinajstić information content (AvgIpc) is 2.54. The van der Waals surface area contributed by atoms with E-state index in [0.29, 0.717) is 11.5 Å². The molecule has 106 valence electrons. The quantitative estimate of drug-likeness (QED) is 0.701. The number of nitrogens with one attached hydrogen (secondary N) is 1. The Morgan fingerprint density at radius 3 is 2.53 bits per heavy atom. The Balaban J connectivity index is 1.93. The summed E-state index contributed by atoms with van der Waals surface area (Å²) in [5, 5.41) is 3.73. The predicted octanol–water partition coefficient (Wildman–Crippen LogP) is 5.40. The second-order valence-corrected chi connectivity index (χ2v) is 7.28. The maximum absolute atomic E-state index is 3.73. The van der Waals surface area contributed by atoms with Gasteiger partial charge in [0.25, 0.3) is 0 Å². The number of hydrogen-bond acceptors (Lipinski definition) is 1. The average molecular weight is 259 g/mol. The van der Waals surface area contributed by atoms with Crippen LogP contribution in [0.15, 0.2) is 24.3 Å². The first kappa shape index (κ1) is 14.4. The molecule has 1 heteroatoms. The summed E-state index contributed by atoms with van der Waals surface area (Å²) >= 11 is 0. The molecule has 1 aliphatic carbocycles. The van der Waals surface area contributed by atoms with Gasteiger partial charge in [0.05, 0.1) is 0 Å². The molecule has 2 atom stereocenters. The van der Waals surface area contributed by atoms with Gasteiger partial charge in [0.1, 0.15) is 0 Å². The van der Waals surface area contributed by atoms with E-state index in [2.05, 4.69) is 57.3 Å². The largest absolute Gasteiger partial charge is 0.382 e. The van der Waals surface area contributed by atoms with E-state index in [4.69, 9.17) is 0 Å². The highest BCUT2D eigenvalue weighted by Crippen LogP contribution is 2.37. The Labute approximate surface area is 118 Å². The predicted molar refractivity (Wildman–Crippen MR) is 84.6 cm³/mol. The molecule has 1 aromatic carbocycles. The van der Waals surface area contributed by atoms with Crippen LogP contribution in [0.5, 0.6) is 0 Å². The highest BCUT2D eigenvalue weighted by atomic mass is 14.9. The van der Waals surface area contributed by atoms with E-state index >= 15 is 0 Å². The Morgan fingerprint density at radius 2 is 1.84 bits per heavy atom. The summed E-state index contributed by atoms with van der Waals surface area (Å²) in [5.74, 6) is 0.886. The molecule has 0 bridgehead atoms. The van der Waals surface area contributed by atoms with E-state index < -0.39 is 0 Å². The van der Waals surface area contributed by atoms with E-state index in [1.54, 1.807) is 0 Å². The molecule has 0 heterocycles. The van der Waals surface area contributed by atoms with Crippen molar-refractivity contribution in [3.8, 4) is 0 Å². The lowest BCUT2D eigenvalue weighted by molar-refractivity contribution is 0.214. The fourth-order valence-electron chi connectivity index (χ4n) is 3.28. The minimum Gasteiger partial charge on any atom is -0.382 e. The Morgan fingerprint density at radius 1 is 1.05 bits per heavy atom. The minimum atomic E-state index is 0.470. The second kappa shape index (κ2) is 5.98. The molecule has 19 heavy (non-hydrogen) atoms. The van der Waals surface area contributed by atoms with E-state index in [9.17, 15) is 0 Å². The SMILES string of the molecule is Cc1cccc(NC2CCCC(C(C)(C)C)CC2)c1. The summed E-state index contributed by atoms with van der Waals surface area (Å²) in [6, 6.07) is 9.42. The molecule has 0 saturated heterocycles. The number of anilines is 1. The molecule has 1 saturated carbocycles. The summed E-state index contributed by atoms with van der Waals surface area (Å²) in [4.78, 5) is 0. The highest BCUT2D eigenvalue weighted by molar-refractivity contribution is 5.46. The monoisotopic (exact) mass is 259 g/mol. The molecule has 1 aliphatic rings. The molecule has 0 amide bonds. The van der Waals surface area contributed by atoms with Gasteiger partial charge >= 0.3 is 0 Å². The third-order valence-corrected chi connectivity index (χ3v) is 4.58. The van der Waals surface area contributed by atoms with E-state index in [1.165, 1.54) is 43.4 Å². The fraction of sp³-hybridized carbons (Fsp3) is 0.667. The lowest BCUT2D eigenvalue weighted by atomic mass is 9.76. The van der Waals surface area contributed by atoms with Gasteiger partial charge in [-0.2, -0.15) is 0 Å². The standard InChI is InChI=1S/C18H29N/c1-14-7-5-10-17(13-14)19-16-9-6-8-15(11-12-16)18(2,3)4/h5,7,10,13,15-16,19H,6,8-9,11-12H2,1-4H3. The maximum atomic E-state index is 3.73. The lowest BCUT2D eigenvalue weighted by Gasteiger charge is -2.29. The van der Waals surface area contributed by atoms with Gasteiger partial charge in [0.2, 0.25) is 0 Å². The zero-order chi connectivity index (χ0) is 13.9. The number of benzene rings is 1. The maximum Gasteiger partial charge on any atom is 0.0344 e. The van der Waals surface area contributed by atoms with Crippen molar-refractivity contribution in [2.24, 2.45) is 11.3 Å². The number of rotatable bonds is 2. The topological polar surface area (TPSA) is 12.0 Å². The Kier molecular flexibility index (Phi) is 4.54. The van der Waals surface area contributed by atoms with Gasteiger partial charge < -0.3 is 5.32 Å². The Bertz CT molecular complexity index is 402. The number of aryl methyl sites for hydroxylation is 1. The summed E-state index contributed by atoms with van der Waals surface area (Å²) in [7, 11) is 0. The Hall–Kier alpha value is -0.980. The zero-order valence-electron chi connectivity index (χ0n) is 13.0. The molecule has 1 fully saturated rings. The summed E-state index contributed by atoms with van der Waals surface area (Å²) in [5.41, 5.74) is 3.10. The van der Waals surface area contributed by atoms with Crippen LogP contribution in [0.4, 0.5) is 5.69 Å². The van der Waals surface area contributed by atoms with Crippen LogP contribution in [0, 0.1) is 18.3 Å². The van der Waals surface area contributed by atoms with E-state index in [1.807, 2.05) is 0 Å².